The fraction of sp³-hybridized carbons (Fsp3) is 1.00. The van der Waals surface area contributed by atoms with Crippen LogP contribution in [0.5, 0.6) is 0 Å². The van der Waals surface area contributed by atoms with Crippen molar-refractivity contribution >= 4 is 9.14 Å². The number of nitrogens with one attached hydrogen (secondary N) is 2. The minimum absolute atomic E-state index is 0.636. The third kappa shape index (κ3) is 4.70. The lowest BCUT2D eigenvalue weighted by molar-refractivity contribution is 0.203. The minimum atomic E-state index is -3.31. The van der Waals surface area contributed by atoms with Crippen LogP contribution in [-0.2, 0) is 12.5 Å². The number of hydrogen-bond donors (Lipinski definition) is 3. The largest absolute Gasteiger partial charge is 0.329 e. The summed E-state index contributed by atoms with van der Waals surface area (Å²) in [7, 11) is 1.56. The van der Waals surface area contributed by atoms with Crippen LogP contribution < -0.4 is 16.4 Å². The number of nitrogens with two attached hydrogens (primary N) is 1. The predicted molar refractivity (Wildman–Crippen MR) is 75.3 cm³/mol. The van der Waals surface area contributed by atoms with E-state index in [9.17, 15) is 0 Å². The van der Waals surface area contributed by atoms with Gasteiger partial charge in [-0.15, -0.1) is 0 Å². The van der Waals surface area contributed by atoms with Gasteiger partial charge in [0.25, 0.3) is 0 Å². The first kappa shape index (κ1) is 17.1. The van der Waals surface area contributed by atoms with Crippen LogP contribution in [0.25, 0.3) is 0 Å². The molecule has 0 saturated carbocycles. The van der Waals surface area contributed by atoms with Gasteiger partial charge in [0, 0.05) is 44.6 Å². The molecule has 0 amide bonds. The highest BCUT2D eigenvalue weighted by Gasteiger charge is 2.50. The number of rotatable bonds is 10. The van der Waals surface area contributed by atoms with Crippen molar-refractivity contribution in [2.75, 3.05) is 65.9 Å². The average molecular weight is 271 g/mol. The van der Waals surface area contributed by atoms with Gasteiger partial charge in [-0.3, -0.25) is 0 Å². The molecule has 0 fully saturated rings. The van der Waals surface area contributed by atoms with Crippen molar-refractivity contribution in [3.8, 4) is 0 Å². The van der Waals surface area contributed by atoms with Crippen molar-refractivity contribution in [2.24, 2.45) is 5.73 Å². The molecule has 17 heavy (non-hydrogen) atoms. The van der Waals surface area contributed by atoms with E-state index in [1.54, 1.807) is 21.3 Å². The van der Waals surface area contributed by atoms with Crippen LogP contribution in [0.15, 0.2) is 0 Å². The molecule has 0 saturated heterocycles. The first-order valence-corrected chi connectivity index (χ1v) is 8.86. The molecule has 108 valence electrons. The molecule has 4 N–H and O–H groups in total. The Morgan fingerprint density at radius 2 is 1.41 bits per heavy atom. The first-order valence-electron chi connectivity index (χ1n) is 5.65. The smallest absolute Gasteiger partial charge is 0.0511 e. The molecule has 7 heteroatoms. The van der Waals surface area contributed by atoms with Gasteiger partial charge < -0.3 is 28.9 Å². The highest BCUT2D eigenvalue weighted by molar-refractivity contribution is 8.53. The predicted octanol–water partition coefficient (Wildman–Crippen LogP) is -0.0984. The van der Waals surface area contributed by atoms with E-state index in [4.69, 9.17) is 18.3 Å². The Hall–Kier alpha value is 0.110. The molecule has 0 aliphatic carbocycles. The molecule has 0 aromatic rings. The summed E-state index contributed by atoms with van der Waals surface area (Å²) in [6.07, 6.45) is 3.82. The standard InChI is InChI=1S/C10H29N3O3S/c1-14-17(4,5,15-2,16-3)9-8-13-10-12-7-6-11/h12-13H,6-11H2,1-5H3. The third-order valence-corrected chi connectivity index (χ3v) is 8.31. The highest BCUT2D eigenvalue weighted by atomic mass is 32.4. The molecule has 6 nitrogen and oxygen atoms in total. The maximum atomic E-state index is 5.63. The second kappa shape index (κ2) is 5.83. The summed E-state index contributed by atoms with van der Waals surface area (Å²) in [5, 5.41) is 6.41. The summed E-state index contributed by atoms with van der Waals surface area (Å²) < 4.78 is 16.9. The molecule has 0 aromatic carbocycles. The second-order valence-corrected chi connectivity index (χ2v) is 11.2. The van der Waals surface area contributed by atoms with Gasteiger partial charge in [0.15, 0.2) is 0 Å². The molecular formula is C10H29N3O3S. The fourth-order valence-corrected chi connectivity index (χ4v) is 2.93. The van der Waals surface area contributed by atoms with Gasteiger partial charge in [-0.05, 0) is 0 Å². The van der Waals surface area contributed by atoms with Crippen molar-refractivity contribution in [2.45, 2.75) is 0 Å². The topological polar surface area (TPSA) is 77.8 Å². The van der Waals surface area contributed by atoms with E-state index in [0.29, 0.717) is 19.0 Å². The molecule has 0 unspecified atom stereocenters. The zero-order chi connectivity index (χ0) is 13.5. The van der Waals surface area contributed by atoms with Gasteiger partial charge in [0.2, 0.25) is 0 Å². The fourth-order valence-electron chi connectivity index (χ4n) is 1.22. The molecule has 0 aliphatic heterocycles. The van der Waals surface area contributed by atoms with E-state index >= 15 is 0 Å². The summed E-state index contributed by atoms with van der Waals surface area (Å²) in [5.74, 6) is 0.661. The van der Waals surface area contributed by atoms with Crippen LogP contribution in [0.2, 0.25) is 0 Å². The van der Waals surface area contributed by atoms with Crippen molar-refractivity contribution in [1.82, 2.24) is 10.6 Å². The van der Waals surface area contributed by atoms with Crippen LogP contribution in [0.3, 0.4) is 0 Å². The Morgan fingerprint density at radius 3 is 1.82 bits per heavy atom. The molecule has 0 spiro atoms. The summed E-state index contributed by atoms with van der Waals surface area (Å²) in [6, 6.07) is 0. The second-order valence-electron chi connectivity index (χ2n) is 4.71. The van der Waals surface area contributed by atoms with Crippen molar-refractivity contribution < 1.29 is 12.5 Å². The minimum Gasteiger partial charge on any atom is -0.329 e. The van der Waals surface area contributed by atoms with E-state index in [1.807, 2.05) is 12.5 Å². The third-order valence-electron chi connectivity index (χ3n) is 3.27. The zero-order valence-corrected chi connectivity index (χ0v) is 12.6. The molecular weight excluding hydrogens is 242 g/mol. The van der Waals surface area contributed by atoms with Gasteiger partial charge in [0.05, 0.1) is 21.3 Å². The summed E-state index contributed by atoms with van der Waals surface area (Å²) in [4.78, 5) is 0. The molecule has 0 atom stereocenters. The molecule has 0 aliphatic rings. The highest BCUT2D eigenvalue weighted by Crippen LogP contribution is 2.85. The van der Waals surface area contributed by atoms with Crippen molar-refractivity contribution in [3.63, 3.8) is 0 Å². The Bertz CT molecular complexity index is 227. The van der Waals surface area contributed by atoms with Crippen molar-refractivity contribution in [1.29, 1.82) is 0 Å². The number of hydrogen-bond acceptors (Lipinski definition) is 6. The van der Waals surface area contributed by atoms with Crippen molar-refractivity contribution in [3.05, 3.63) is 0 Å². The lowest BCUT2D eigenvalue weighted by Crippen LogP contribution is -2.46. The first-order chi connectivity index (χ1) is 7.80. The lowest BCUT2D eigenvalue weighted by Gasteiger charge is -2.71. The Labute approximate surface area is 104 Å². The summed E-state index contributed by atoms with van der Waals surface area (Å²) in [6.45, 7) is 2.88. The SMILES string of the molecule is COS(C)(C)(CCNCNCCN)(OC)OC. The maximum absolute atomic E-state index is 5.63. The molecule has 0 rings (SSSR count). The van der Waals surface area contributed by atoms with E-state index in [0.717, 1.165) is 13.1 Å². The summed E-state index contributed by atoms with van der Waals surface area (Å²) in [5.41, 5.74) is 5.37. The van der Waals surface area contributed by atoms with Gasteiger partial charge in [-0.1, -0.05) is 9.14 Å². The van der Waals surface area contributed by atoms with Crippen LogP contribution in [0, 0.1) is 0 Å². The monoisotopic (exact) mass is 271 g/mol. The zero-order valence-electron chi connectivity index (χ0n) is 11.7. The van der Waals surface area contributed by atoms with Crippen LogP contribution in [0.4, 0.5) is 0 Å². The Balaban J connectivity index is 4.22. The molecule has 0 radical (unpaired) electrons. The van der Waals surface area contributed by atoms with E-state index in [2.05, 4.69) is 10.6 Å². The van der Waals surface area contributed by atoms with E-state index < -0.39 is 9.14 Å². The molecule has 0 heterocycles. The maximum Gasteiger partial charge on any atom is 0.0511 e. The van der Waals surface area contributed by atoms with Gasteiger partial charge in [-0.25, -0.2) is 0 Å². The Morgan fingerprint density at radius 1 is 0.941 bits per heavy atom. The lowest BCUT2D eigenvalue weighted by atomic mass is 10.6. The van der Waals surface area contributed by atoms with E-state index in [1.165, 1.54) is 0 Å². The molecule has 0 bridgehead atoms. The van der Waals surface area contributed by atoms with Crippen LogP contribution in [0.1, 0.15) is 0 Å². The summed E-state index contributed by atoms with van der Waals surface area (Å²) >= 11 is 0. The van der Waals surface area contributed by atoms with Crippen LogP contribution >= 0.6 is 9.14 Å². The van der Waals surface area contributed by atoms with Gasteiger partial charge >= 0.3 is 0 Å². The average Bonchev–Trinajstić information content (AvgIpc) is 2.35. The molecule has 0 aromatic heterocycles. The van der Waals surface area contributed by atoms with Gasteiger partial charge in [-0.2, -0.15) is 0 Å². The Kier molecular flexibility index (Phi) is 5.87. The van der Waals surface area contributed by atoms with Crippen LogP contribution in [-0.4, -0.2) is 65.9 Å². The van der Waals surface area contributed by atoms with E-state index in [-0.39, 0.29) is 0 Å². The quantitative estimate of drug-likeness (QED) is 0.380. The van der Waals surface area contributed by atoms with Gasteiger partial charge in [0.1, 0.15) is 0 Å². The normalized spacial score (nSPS) is 16.6.